The van der Waals surface area contributed by atoms with Crippen LogP contribution in [0.25, 0.3) is 11.1 Å². The molecule has 5 rings (SSSR count). The Morgan fingerprint density at radius 2 is 1.51 bits per heavy atom. The molecule has 5 atom stereocenters. The standard InChI is InChI=1S/C35H41ClN2O5/c1-35(2,3)37-33(40)32(25-14-12-24(13-15-25)23-8-5-4-6-9-23)38(34(41)26-10-7-11-27(36)20-26)21-28-16-18-30(42-28)31-19-17-29(22-39)43-31/h4-15,20,28-32,39H,16-19,21-22H2,1-3H3,(H,37,40)/t28-,29-,30+,31+,32?/m1/s1. The van der Waals surface area contributed by atoms with E-state index in [9.17, 15) is 14.7 Å². The summed E-state index contributed by atoms with van der Waals surface area (Å²) in [6.45, 7) is 6.00. The fourth-order valence-electron chi connectivity index (χ4n) is 5.99. The van der Waals surface area contributed by atoms with Crippen LogP contribution in [0.5, 0.6) is 0 Å². The van der Waals surface area contributed by atoms with Crippen molar-refractivity contribution in [2.45, 2.75) is 82.5 Å². The maximum Gasteiger partial charge on any atom is 0.254 e. The second-order valence-electron chi connectivity index (χ2n) is 12.5. The summed E-state index contributed by atoms with van der Waals surface area (Å²) in [6, 6.07) is 23.8. The summed E-state index contributed by atoms with van der Waals surface area (Å²) in [5, 5.41) is 13.1. The lowest BCUT2D eigenvalue weighted by molar-refractivity contribution is -0.128. The van der Waals surface area contributed by atoms with Crippen LogP contribution >= 0.6 is 11.6 Å². The fraction of sp³-hybridized carbons (Fsp3) is 0.429. The van der Waals surface area contributed by atoms with Crippen molar-refractivity contribution in [3.63, 3.8) is 0 Å². The Kier molecular flexibility index (Phi) is 9.87. The molecule has 228 valence electrons. The lowest BCUT2D eigenvalue weighted by Gasteiger charge is -2.35. The molecule has 2 amide bonds. The summed E-state index contributed by atoms with van der Waals surface area (Å²) in [7, 11) is 0. The van der Waals surface area contributed by atoms with E-state index in [1.54, 1.807) is 29.2 Å². The number of benzene rings is 3. The number of hydrogen-bond acceptors (Lipinski definition) is 5. The zero-order chi connectivity index (χ0) is 30.6. The maximum absolute atomic E-state index is 14.3. The first kappa shape index (κ1) is 31.2. The van der Waals surface area contributed by atoms with E-state index >= 15 is 0 Å². The van der Waals surface area contributed by atoms with Gasteiger partial charge in [0.25, 0.3) is 5.91 Å². The van der Waals surface area contributed by atoms with Gasteiger partial charge < -0.3 is 24.8 Å². The average molecular weight is 605 g/mol. The highest BCUT2D eigenvalue weighted by atomic mass is 35.5. The number of aliphatic hydroxyl groups excluding tert-OH is 1. The Morgan fingerprint density at radius 1 is 0.884 bits per heavy atom. The first-order valence-corrected chi connectivity index (χ1v) is 15.4. The van der Waals surface area contributed by atoms with E-state index in [4.69, 9.17) is 21.1 Å². The third-order valence-corrected chi connectivity index (χ3v) is 8.26. The highest BCUT2D eigenvalue weighted by Gasteiger charge is 2.40. The second kappa shape index (κ2) is 13.6. The van der Waals surface area contributed by atoms with Gasteiger partial charge in [-0.1, -0.05) is 72.3 Å². The van der Waals surface area contributed by atoms with E-state index in [1.165, 1.54) is 0 Å². The summed E-state index contributed by atoms with van der Waals surface area (Å²) in [5.74, 6) is -0.567. The van der Waals surface area contributed by atoms with Gasteiger partial charge in [-0.15, -0.1) is 0 Å². The SMILES string of the molecule is CC(C)(C)NC(=O)C(c1ccc(-c2ccccc2)cc1)N(C[C@H]1CC[C@@H]([C@@H]2CC[C@H](CO)O2)O1)C(=O)c1cccc(Cl)c1. The Balaban J connectivity index is 1.48. The van der Waals surface area contributed by atoms with Crippen molar-refractivity contribution in [1.29, 1.82) is 0 Å². The highest BCUT2D eigenvalue weighted by Crippen LogP contribution is 2.34. The van der Waals surface area contributed by atoms with E-state index < -0.39 is 11.6 Å². The minimum Gasteiger partial charge on any atom is -0.394 e. The molecular weight excluding hydrogens is 564 g/mol. The van der Waals surface area contributed by atoms with Crippen molar-refractivity contribution >= 4 is 23.4 Å². The number of halogens is 1. The van der Waals surface area contributed by atoms with Gasteiger partial charge in [-0.2, -0.15) is 0 Å². The van der Waals surface area contributed by atoms with Gasteiger partial charge in [-0.3, -0.25) is 9.59 Å². The molecule has 2 aliphatic heterocycles. The molecule has 3 aromatic carbocycles. The quantitative estimate of drug-likeness (QED) is 0.304. The second-order valence-corrected chi connectivity index (χ2v) is 13.0. The number of carbonyl (C=O) groups excluding carboxylic acids is 2. The monoisotopic (exact) mass is 604 g/mol. The van der Waals surface area contributed by atoms with Crippen molar-refractivity contribution in [1.82, 2.24) is 10.2 Å². The molecule has 2 aliphatic rings. The molecule has 0 saturated carbocycles. The van der Waals surface area contributed by atoms with Crippen molar-refractivity contribution in [2.75, 3.05) is 13.2 Å². The lowest BCUT2D eigenvalue weighted by Crippen LogP contribution is -2.51. The van der Waals surface area contributed by atoms with Crippen LogP contribution in [0.2, 0.25) is 5.02 Å². The van der Waals surface area contributed by atoms with E-state index in [2.05, 4.69) is 5.32 Å². The third-order valence-electron chi connectivity index (χ3n) is 8.02. The fourth-order valence-corrected chi connectivity index (χ4v) is 6.18. The molecule has 0 spiro atoms. The van der Waals surface area contributed by atoms with Crippen LogP contribution in [-0.4, -0.2) is 64.9 Å². The van der Waals surface area contributed by atoms with Gasteiger partial charge in [0.2, 0.25) is 5.91 Å². The number of aliphatic hydroxyl groups is 1. The Hall–Kier alpha value is -3.23. The van der Waals surface area contributed by atoms with Gasteiger partial charge in [-0.25, -0.2) is 0 Å². The van der Waals surface area contributed by atoms with Crippen molar-refractivity contribution in [3.8, 4) is 11.1 Å². The molecule has 2 saturated heterocycles. The smallest absolute Gasteiger partial charge is 0.254 e. The first-order chi connectivity index (χ1) is 20.6. The van der Waals surface area contributed by atoms with Gasteiger partial charge in [0.1, 0.15) is 6.04 Å². The molecule has 7 nitrogen and oxygen atoms in total. The van der Waals surface area contributed by atoms with E-state index in [1.807, 2.05) is 75.4 Å². The Morgan fingerprint density at radius 3 is 2.12 bits per heavy atom. The molecule has 3 aromatic rings. The molecule has 8 heteroatoms. The Bertz CT molecular complexity index is 1390. The number of ether oxygens (including phenoxy) is 2. The molecule has 43 heavy (non-hydrogen) atoms. The van der Waals surface area contributed by atoms with Gasteiger partial charge >= 0.3 is 0 Å². The zero-order valence-corrected chi connectivity index (χ0v) is 25.8. The molecule has 0 aromatic heterocycles. The molecule has 2 fully saturated rings. The molecule has 0 radical (unpaired) electrons. The molecule has 1 unspecified atom stereocenters. The number of nitrogens with zero attached hydrogens (tertiary/aromatic N) is 1. The molecule has 2 N–H and O–H groups in total. The molecule has 2 heterocycles. The van der Waals surface area contributed by atoms with Crippen molar-refractivity contribution < 1.29 is 24.2 Å². The molecule has 0 aliphatic carbocycles. The summed E-state index contributed by atoms with van der Waals surface area (Å²) in [5.41, 5.74) is 2.69. The van der Waals surface area contributed by atoms with Crippen LogP contribution in [0, 0.1) is 0 Å². The molecule has 0 bridgehead atoms. The summed E-state index contributed by atoms with van der Waals surface area (Å²) in [6.07, 6.45) is 2.53. The van der Waals surface area contributed by atoms with Crippen LogP contribution in [0.4, 0.5) is 0 Å². The van der Waals surface area contributed by atoms with Crippen LogP contribution in [-0.2, 0) is 14.3 Å². The van der Waals surface area contributed by atoms with Gasteiger partial charge in [0.15, 0.2) is 0 Å². The average Bonchev–Trinajstić information content (AvgIpc) is 3.66. The minimum absolute atomic E-state index is 0.00218. The van der Waals surface area contributed by atoms with Crippen LogP contribution < -0.4 is 5.32 Å². The number of amides is 2. The van der Waals surface area contributed by atoms with Gasteiger partial charge in [-0.05, 0) is 81.3 Å². The zero-order valence-electron chi connectivity index (χ0n) is 25.0. The highest BCUT2D eigenvalue weighted by molar-refractivity contribution is 6.31. The maximum atomic E-state index is 14.3. The van der Waals surface area contributed by atoms with E-state index in [0.717, 1.165) is 36.8 Å². The van der Waals surface area contributed by atoms with Gasteiger partial charge in [0.05, 0.1) is 31.0 Å². The molecular formula is C35H41ClN2O5. The largest absolute Gasteiger partial charge is 0.394 e. The summed E-state index contributed by atoms with van der Waals surface area (Å²) >= 11 is 6.29. The number of carbonyl (C=O) groups is 2. The summed E-state index contributed by atoms with van der Waals surface area (Å²) < 4.78 is 12.5. The topological polar surface area (TPSA) is 88.1 Å². The number of nitrogens with one attached hydrogen (secondary N) is 1. The van der Waals surface area contributed by atoms with E-state index in [-0.39, 0.29) is 49.4 Å². The van der Waals surface area contributed by atoms with Crippen molar-refractivity contribution in [2.24, 2.45) is 0 Å². The van der Waals surface area contributed by atoms with Gasteiger partial charge in [0, 0.05) is 22.7 Å². The lowest BCUT2D eigenvalue weighted by atomic mass is 9.97. The summed E-state index contributed by atoms with van der Waals surface area (Å²) in [4.78, 5) is 29.9. The predicted octanol–water partition coefficient (Wildman–Crippen LogP) is 6.19. The van der Waals surface area contributed by atoms with Crippen LogP contribution in [0.3, 0.4) is 0 Å². The number of hydrogen-bond donors (Lipinski definition) is 2. The van der Waals surface area contributed by atoms with Crippen LogP contribution in [0.15, 0.2) is 78.9 Å². The Labute approximate surface area is 259 Å². The number of rotatable bonds is 9. The van der Waals surface area contributed by atoms with Crippen molar-refractivity contribution in [3.05, 3.63) is 95.0 Å². The third kappa shape index (κ3) is 7.84. The predicted molar refractivity (Wildman–Crippen MR) is 168 cm³/mol. The van der Waals surface area contributed by atoms with E-state index in [0.29, 0.717) is 16.1 Å². The minimum atomic E-state index is -0.903. The van der Waals surface area contributed by atoms with Crippen LogP contribution in [0.1, 0.15) is 68.4 Å². The first-order valence-electron chi connectivity index (χ1n) is 15.1. The normalized spacial score (nSPS) is 22.7.